The highest BCUT2D eigenvalue weighted by Gasteiger charge is 2.31. The summed E-state index contributed by atoms with van der Waals surface area (Å²) in [6.07, 6.45) is 0.964. The third-order valence-corrected chi connectivity index (χ3v) is 3.45. The molecule has 2 unspecified atom stereocenters. The van der Waals surface area contributed by atoms with Gasteiger partial charge in [-0.1, -0.05) is 30.3 Å². The number of carboxylic acid groups (broad SMARTS) is 1. The van der Waals surface area contributed by atoms with Crippen LogP contribution < -0.4 is 10.4 Å². The Hall–Kier alpha value is -1.88. The zero-order chi connectivity index (χ0) is 14.4. The van der Waals surface area contributed by atoms with Crippen LogP contribution in [0.4, 0.5) is 0 Å². The molecule has 2 atom stereocenters. The maximum Gasteiger partial charge on any atom is 0.226 e. The number of carboxylic acids is 1. The minimum absolute atomic E-state index is 0.287. The first-order valence-corrected chi connectivity index (χ1v) is 6.80. The molecule has 0 spiro atoms. The lowest BCUT2D eigenvalue weighted by Gasteiger charge is -2.22. The van der Waals surface area contributed by atoms with Gasteiger partial charge in [0.25, 0.3) is 0 Å². The van der Waals surface area contributed by atoms with E-state index in [-0.39, 0.29) is 18.4 Å². The van der Waals surface area contributed by atoms with E-state index in [1.54, 1.807) is 0 Å². The summed E-state index contributed by atoms with van der Waals surface area (Å²) in [5, 5.41) is 13.6. The summed E-state index contributed by atoms with van der Waals surface area (Å²) in [6, 6.07) is 9.48. The molecule has 108 valence electrons. The molecule has 1 N–H and O–H groups in total. The van der Waals surface area contributed by atoms with Crippen LogP contribution in [0.5, 0.6) is 0 Å². The average molecular weight is 276 g/mol. The highest BCUT2D eigenvalue weighted by Crippen LogP contribution is 2.23. The summed E-state index contributed by atoms with van der Waals surface area (Å²) in [5.41, 5.74) is 0.973. The summed E-state index contributed by atoms with van der Waals surface area (Å²) >= 11 is 0. The van der Waals surface area contributed by atoms with E-state index in [4.69, 9.17) is 4.74 Å². The molecule has 2 rings (SSSR count). The average Bonchev–Trinajstić information content (AvgIpc) is 2.97. The first-order valence-electron chi connectivity index (χ1n) is 6.80. The van der Waals surface area contributed by atoms with Crippen molar-refractivity contribution in [1.29, 1.82) is 0 Å². The van der Waals surface area contributed by atoms with Crippen LogP contribution in [0.3, 0.4) is 0 Å². The van der Waals surface area contributed by atoms with Crippen molar-refractivity contribution in [2.24, 2.45) is 5.92 Å². The Bertz CT molecular complexity index is 454. The molecule has 1 aliphatic rings. The van der Waals surface area contributed by atoms with Gasteiger partial charge in [-0.2, -0.15) is 0 Å². The molecule has 1 amide bonds. The van der Waals surface area contributed by atoms with Crippen molar-refractivity contribution in [2.45, 2.75) is 31.9 Å². The third kappa shape index (κ3) is 4.06. The Morgan fingerprint density at radius 2 is 2.10 bits per heavy atom. The molecule has 5 nitrogen and oxygen atoms in total. The van der Waals surface area contributed by atoms with Gasteiger partial charge in [0.15, 0.2) is 0 Å². The minimum Gasteiger partial charge on any atom is -0.550 e. The van der Waals surface area contributed by atoms with Gasteiger partial charge in [0.2, 0.25) is 5.91 Å². The van der Waals surface area contributed by atoms with Gasteiger partial charge in [0, 0.05) is 25.5 Å². The highest BCUT2D eigenvalue weighted by molar-refractivity contribution is 5.83. The number of hydrogen-bond donors (Lipinski definition) is 1. The van der Waals surface area contributed by atoms with Crippen molar-refractivity contribution in [3.63, 3.8) is 0 Å². The lowest BCUT2D eigenvalue weighted by Crippen LogP contribution is -2.41. The fourth-order valence-electron chi connectivity index (χ4n) is 2.41. The molecule has 1 saturated heterocycles. The van der Waals surface area contributed by atoms with E-state index in [1.165, 1.54) is 0 Å². The zero-order valence-corrected chi connectivity index (χ0v) is 11.2. The number of rotatable bonds is 6. The first kappa shape index (κ1) is 14.5. The fraction of sp³-hybridized carbons (Fsp3) is 0.467. The van der Waals surface area contributed by atoms with Crippen molar-refractivity contribution in [2.75, 3.05) is 6.61 Å². The van der Waals surface area contributed by atoms with Gasteiger partial charge in [-0.15, -0.1) is 0 Å². The lowest BCUT2D eigenvalue weighted by molar-refractivity contribution is -0.307. The molecular formula is C15H18NO4-. The summed E-state index contributed by atoms with van der Waals surface area (Å²) in [6.45, 7) is 0.968. The van der Waals surface area contributed by atoms with Crippen LogP contribution in [-0.2, 0) is 20.9 Å². The molecule has 1 aromatic carbocycles. The van der Waals surface area contributed by atoms with Crippen molar-refractivity contribution < 1.29 is 19.4 Å². The summed E-state index contributed by atoms with van der Waals surface area (Å²) in [4.78, 5) is 23.0. The van der Waals surface area contributed by atoms with E-state index in [2.05, 4.69) is 5.32 Å². The monoisotopic (exact) mass is 276 g/mol. The van der Waals surface area contributed by atoms with E-state index in [0.717, 1.165) is 18.4 Å². The van der Waals surface area contributed by atoms with E-state index < -0.39 is 11.9 Å². The number of ether oxygens (including phenoxy) is 1. The molecule has 20 heavy (non-hydrogen) atoms. The topological polar surface area (TPSA) is 78.5 Å². The van der Waals surface area contributed by atoms with Crippen molar-refractivity contribution in [3.8, 4) is 0 Å². The molecule has 0 bridgehead atoms. The molecule has 1 heterocycles. The Labute approximate surface area is 117 Å². The van der Waals surface area contributed by atoms with Crippen LogP contribution in [0.25, 0.3) is 0 Å². The second-order valence-electron chi connectivity index (χ2n) is 4.94. The summed E-state index contributed by atoms with van der Waals surface area (Å²) < 4.78 is 5.44. The molecule has 1 aliphatic heterocycles. The number of aliphatic carboxylic acids is 1. The van der Waals surface area contributed by atoms with Gasteiger partial charge in [-0.3, -0.25) is 4.79 Å². The number of carbonyl (C=O) groups is 2. The number of carbonyl (C=O) groups excluding carboxylic acids is 2. The molecule has 1 aromatic rings. The fourth-order valence-corrected chi connectivity index (χ4v) is 2.41. The third-order valence-electron chi connectivity index (χ3n) is 3.45. The number of benzene rings is 1. The predicted octanol–water partition coefficient (Wildman–Crippen LogP) is 0.238. The molecule has 0 radical (unpaired) electrons. The normalized spacial score (nSPS) is 19.5. The summed E-state index contributed by atoms with van der Waals surface area (Å²) in [7, 11) is 0. The number of amides is 1. The standard InChI is InChI=1S/C15H19NO4/c17-14(18)9-12(13-7-4-8-20-13)15(19)16-10-11-5-2-1-3-6-11/h1-3,5-6,12-13H,4,7-10H2,(H,16,19)(H,17,18)/p-1. The van der Waals surface area contributed by atoms with E-state index in [1.807, 2.05) is 30.3 Å². The highest BCUT2D eigenvalue weighted by atomic mass is 16.5. The maximum absolute atomic E-state index is 12.2. The second kappa shape index (κ2) is 7.05. The van der Waals surface area contributed by atoms with Gasteiger partial charge in [-0.25, -0.2) is 0 Å². The molecule has 0 aromatic heterocycles. The molecule has 0 saturated carbocycles. The van der Waals surface area contributed by atoms with Gasteiger partial charge >= 0.3 is 0 Å². The quantitative estimate of drug-likeness (QED) is 0.807. The number of hydrogen-bond acceptors (Lipinski definition) is 4. The van der Waals surface area contributed by atoms with Crippen LogP contribution in [0.15, 0.2) is 30.3 Å². The van der Waals surface area contributed by atoms with Crippen molar-refractivity contribution in [3.05, 3.63) is 35.9 Å². The van der Waals surface area contributed by atoms with Crippen molar-refractivity contribution >= 4 is 11.9 Å². The minimum atomic E-state index is -1.22. The molecular weight excluding hydrogens is 258 g/mol. The van der Waals surface area contributed by atoms with E-state index in [0.29, 0.717) is 13.2 Å². The van der Waals surface area contributed by atoms with E-state index >= 15 is 0 Å². The SMILES string of the molecule is O=C([O-])CC(C(=O)NCc1ccccc1)C1CCCO1. The number of nitrogens with one attached hydrogen (secondary N) is 1. The van der Waals surface area contributed by atoms with Gasteiger partial charge < -0.3 is 20.0 Å². The van der Waals surface area contributed by atoms with Gasteiger partial charge in [0.1, 0.15) is 0 Å². The van der Waals surface area contributed by atoms with Crippen LogP contribution in [0.2, 0.25) is 0 Å². The Kier molecular flexibility index (Phi) is 5.12. The Balaban J connectivity index is 1.93. The maximum atomic E-state index is 12.2. The van der Waals surface area contributed by atoms with Crippen molar-refractivity contribution in [1.82, 2.24) is 5.32 Å². The van der Waals surface area contributed by atoms with Crippen LogP contribution in [0.1, 0.15) is 24.8 Å². The van der Waals surface area contributed by atoms with Gasteiger partial charge in [0.05, 0.1) is 12.0 Å². The van der Waals surface area contributed by atoms with Crippen LogP contribution in [-0.4, -0.2) is 24.6 Å². The largest absolute Gasteiger partial charge is 0.550 e. The first-order chi connectivity index (χ1) is 9.66. The Morgan fingerprint density at radius 3 is 2.70 bits per heavy atom. The van der Waals surface area contributed by atoms with Gasteiger partial charge in [-0.05, 0) is 18.4 Å². The Morgan fingerprint density at radius 1 is 1.35 bits per heavy atom. The lowest BCUT2D eigenvalue weighted by atomic mass is 9.95. The summed E-state index contributed by atoms with van der Waals surface area (Å²) in [5.74, 6) is -2.18. The molecule has 5 heteroatoms. The zero-order valence-electron chi connectivity index (χ0n) is 11.2. The molecule has 1 fully saturated rings. The predicted molar refractivity (Wildman–Crippen MR) is 70.4 cm³/mol. The van der Waals surface area contributed by atoms with Crippen LogP contribution in [0, 0.1) is 5.92 Å². The van der Waals surface area contributed by atoms with Crippen LogP contribution >= 0.6 is 0 Å². The smallest absolute Gasteiger partial charge is 0.226 e. The molecule has 0 aliphatic carbocycles. The van der Waals surface area contributed by atoms with E-state index in [9.17, 15) is 14.7 Å². The second-order valence-corrected chi connectivity index (χ2v) is 4.94.